The largest absolute Gasteiger partial charge is 0.480 e. The molecule has 0 aliphatic rings. The van der Waals surface area contributed by atoms with Gasteiger partial charge in [-0.3, -0.25) is 9.59 Å². The van der Waals surface area contributed by atoms with Gasteiger partial charge in [-0.05, 0) is 39.1 Å². The number of amides is 1. The minimum atomic E-state index is -0.0663. The number of carbonyl (C=O) groups is 2. The lowest BCUT2D eigenvalue weighted by Gasteiger charge is -2.16. The van der Waals surface area contributed by atoms with Crippen molar-refractivity contribution in [2.45, 2.75) is 57.8 Å². The Morgan fingerprint density at radius 1 is 1.14 bits per heavy atom. The number of ketones is 1. The average Bonchev–Trinajstić information content (AvgIpc) is 3.37. The van der Waals surface area contributed by atoms with Gasteiger partial charge in [0.25, 0.3) is 0 Å². The fraction of sp³-hybridized carbons (Fsp3) is 0.500. The summed E-state index contributed by atoms with van der Waals surface area (Å²) in [6.07, 6.45) is 6.92. The lowest BCUT2D eigenvalue weighted by atomic mass is 9.99. The van der Waals surface area contributed by atoms with Gasteiger partial charge in [-0.1, -0.05) is 38.0 Å². The molecule has 1 N–H and O–H groups in total. The minimum absolute atomic E-state index is 0.00872. The number of Topliss-reactive ketones (excluding diaryl/α,β-unsaturated/α-hetero) is 1. The van der Waals surface area contributed by atoms with Crippen molar-refractivity contribution < 1.29 is 18.7 Å². The van der Waals surface area contributed by atoms with Crippen LogP contribution in [0.4, 0.5) is 0 Å². The highest BCUT2D eigenvalue weighted by Gasteiger charge is 2.21. The number of ether oxygens (including phenoxy) is 1. The molecule has 1 unspecified atom stereocenters. The van der Waals surface area contributed by atoms with E-state index in [2.05, 4.69) is 15.3 Å². The second-order valence-corrected chi connectivity index (χ2v) is 9.35. The lowest BCUT2D eigenvalue weighted by Crippen LogP contribution is -2.31. The molecule has 0 bridgehead atoms. The van der Waals surface area contributed by atoms with E-state index in [1.54, 1.807) is 13.3 Å². The number of nitrogens with one attached hydrogen (secondary N) is 1. The van der Waals surface area contributed by atoms with E-state index in [0.29, 0.717) is 55.7 Å². The van der Waals surface area contributed by atoms with Crippen LogP contribution in [0.1, 0.15) is 63.7 Å². The molecule has 3 aromatic rings. The Bertz CT molecular complexity index is 1140. The van der Waals surface area contributed by atoms with Crippen molar-refractivity contribution in [1.82, 2.24) is 20.2 Å². The van der Waals surface area contributed by atoms with Crippen LogP contribution in [0.15, 0.2) is 40.9 Å². The zero-order valence-electron chi connectivity index (χ0n) is 21.9. The normalized spacial score (nSPS) is 12.1. The molecule has 0 aliphatic heterocycles. The highest BCUT2D eigenvalue weighted by atomic mass is 16.5. The van der Waals surface area contributed by atoms with Crippen molar-refractivity contribution in [2.75, 3.05) is 34.3 Å². The average molecular weight is 495 g/mol. The number of hydrogen-bond acceptors (Lipinski definition) is 7. The van der Waals surface area contributed by atoms with Gasteiger partial charge >= 0.3 is 0 Å². The number of fused-ring (bicyclic) bond motifs is 1. The van der Waals surface area contributed by atoms with E-state index >= 15 is 0 Å². The Labute approximate surface area is 213 Å². The first-order valence-electron chi connectivity index (χ1n) is 12.7. The van der Waals surface area contributed by atoms with E-state index in [9.17, 15) is 9.59 Å². The Hall–Kier alpha value is -3.26. The maximum absolute atomic E-state index is 12.4. The number of nitrogens with zero attached hydrogens (tertiary/aromatic N) is 3. The van der Waals surface area contributed by atoms with Gasteiger partial charge in [0.1, 0.15) is 5.78 Å². The van der Waals surface area contributed by atoms with Gasteiger partial charge in [0.2, 0.25) is 11.8 Å². The molecule has 1 aromatic carbocycles. The van der Waals surface area contributed by atoms with Crippen molar-refractivity contribution in [2.24, 2.45) is 0 Å². The number of para-hydroxylation sites is 1. The number of carbonyl (C=O) groups excluding carboxylic acids is 2. The predicted molar refractivity (Wildman–Crippen MR) is 141 cm³/mol. The molecule has 8 nitrogen and oxygen atoms in total. The second-order valence-electron chi connectivity index (χ2n) is 9.35. The molecule has 0 radical (unpaired) electrons. The summed E-state index contributed by atoms with van der Waals surface area (Å²) in [6.45, 7) is 3.05. The van der Waals surface area contributed by atoms with Crippen molar-refractivity contribution in [3.8, 4) is 17.2 Å². The van der Waals surface area contributed by atoms with Crippen LogP contribution < -0.4 is 10.1 Å². The molecule has 1 amide bonds. The van der Waals surface area contributed by atoms with Crippen LogP contribution in [0.5, 0.6) is 5.88 Å². The van der Waals surface area contributed by atoms with Gasteiger partial charge in [-0.15, -0.1) is 0 Å². The number of pyridine rings is 1. The summed E-state index contributed by atoms with van der Waals surface area (Å²) >= 11 is 0. The van der Waals surface area contributed by atoms with E-state index in [4.69, 9.17) is 9.15 Å². The Morgan fingerprint density at radius 3 is 2.69 bits per heavy atom. The van der Waals surface area contributed by atoms with E-state index < -0.39 is 0 Å². The summed E-state index contributed by atoms with van der Waals surface area (Å²) in [5.41, 5.74) is 1.58. The zero-order chi connectivity index (χ0) is 25.9. The molecule has 2 aromatic heterocycles. The number of oxazole rings is 1. The summed E-state index contributed by atoms with van der Waals surface area (Å²) in [7, 11) is 5.49. The van der Waals surface area contributed by atoms with Crippen molar-refractivity contribution >= 4 is 22.6 Å². The van der Waals surface area contributed by atoms with Gasteiger partial charge in [-0.2, -0.15) is 0 Å². The number of rotatable bonds is 15. The summed E-state index contributed by atoms with van der Waals surface area (Å²) < 4.78 is 11.8. The smallest absolute Gasteiger partial charge is 0.224 e. The van der Waals surface area contributed by atoms with Crippen LogP contribution >= 0.6 is 0 Å². The summed E-state index contributed by atoms with van der Waals surface area (Å²) in [4.78, 5) is 35.1. The molecule has 1 atom stereocenters. The molecule has 2 heterocycles. The monoisotopic (exact) mass is 494 g/mol. The number of hydrogen-bond donors (Lipinski definition) is 1. The topological polar surface area (TPSA) is 97.6 Å². The maximum Gasteiger partial charge on any atom is 0.224 e. The van der Waals surface area contributed by atoms with Crippen LogP contribution in [0.3, 0.4) is 0 Å². The van der Waals surface area contributed by atoms with Gasteiger partial charge in [-0.25, -0.2) is 9.97 Å². The third kappa shape index (κ3) is 7.88. The van der Waals surface area contributed by atoms with Gasteiger partial charge < -0.3 is 19.4 Å². The predicted octanol–water partition coefficient (Wildman–Crippen LogP) is 4.98. The lowest BCUT2D eigenvalue weighted by molar-refractivity contribution is -0.121. The number of unbranched alkanes of at least 4 members (excludes halogenated alkanes) is 2. The molecule has 0 saturated heterocycles. The van der Waals surface area contributed by atoms with Gasteiger partial charge in [0.05, 0.1) is 30.3 Å². The van der Waals surface area contributed by atoms with E-state index in [1.807, 2.05) is 56.3 Å². The third-order valence-corrected chi connectivity index (χ3v) is 6.25. The Morgan fingerprint density at radius 2 is 1.94 bits per heavy atom. The van der Waals surface area contributed by atoms with Gasteiger partial charge in [0.15, 0.2) is 11.7 Å². The number of benzene rings is 1. The zero-order valence-corrected chi connectivity index (χ0v) is 21.9. The summed E-state index contributed by atoms with van der Waals surface area (Å²) in [5, 5.41) is 4.03. The third-order valence-electron chi connectivity index (χ3n) is 6.25. The fourth-order valence-electron chi connectivity index (χ4n) is 4.06. The van der Waals surface area contributed by atoms with Crippen LogP contribution in [-0.4, -0.2) is 60.9 Å². The molecule has 8 heteroatoms. The SMILES string of the molecule is CCC(=O)CCCCCC(CNC(=O)CCN(C)C)c1ncc(-c2cc3ccccc3nc2OC)o1. The first-order valence-corrected chi connectivity index (χ1v) is 12.7. The first kappa shape index (κ1) is 27.3. The Balaban J connectivity index is 1.74. The Kier molecular flexibility index (Phi) is 10.4. The fourth-order valence-corrected chi connectivity index (χ4v) is 4.06. The molecular formula is C28H38N4O4. The van der Waals surface area contributed by atoms with E-state index in [1.165, 1.54) is 0 Å². The van der Waals surface area contributed by atoms with Crippen molar-refractivity contribution in [1.29, 1.82) is 0 Å². The molecular weight excluding hydrogens is 456 g/mol. The minimum Gasteiger partial charge on any atom is -0.480 e. The summed E-state index contributed by atoms with van der Waals surface area (Å²) in [5.74, 6) is 1.88. The van der Waals surface area contributed by atoms with Crippen LogP contribution in [-0.2, 0) is 9.59 Å². The highest BCUT2D eigenvalue weighted by Crippen LogP contribution is 2.34. The first-order chi connectivity index (χ1) is 17.4. The highest BCUT2D eigenvalue weighted by molar-refractivity contribution is 5.85. The molecule has 0 aliphatic carbocycles. The van der Waals surface area contributed by atoms with Crippen molar-refractivity contribution in [3.05, 3.63) is 42.4 Å². The maximum atomic E-state index is 12.4. The van der Waals surface area contributed by atoms with E-state index in [-0.39, 0.29) is 11.8 Å². The molecule has 0 spiro atoms. The number of aromatic nitrogens is 2. The molecule has 0 saturated carbocycles. The van der Waals surface area contributed by atoms with Crippen LogP contribution in [0, 0.1) is 0 Å². The quantitative estimate of drug-likeness (QED) is 0.298. The van der Waals surface area contributed by atoms with Crippen LogP contribution in [0.2, 0.25) is 0 Å². The molecule has 194 valence electrons. The molecule has 3 rings (SSSR count). The number of methoxy groups -OCH3 is 1. The van der Waals surface area contributed by atoms with E-state index in [0.717, 1.165) is 42.1 Å². The van der Waals surface area contributed by atoms with Gasteiger partial charge in [0, 0.05) is 37.7 Å². The molecule has 0 fully saturated rings. The standard InChI is InChI=1S/C28H38N4O4/c1-5-22(33)13-8-6-7-12-21(18-29-26(34)15-16-32(2)3)27-30-19-25(36-27)23-17-20-11-9-10-14-24(20)31-28(23)35-4/h9-11,14,17,19,21H,5-8,12-13,15-16,18H2,1-4H3,(H,29,34). The summed E-state index contributed by atoms with van der Waals surface area (Å²) in [6, 6.07) is 9.84. The molecule has 36 heavy (non-hydrogen) atoms. The van der Waals surface area contributed by atoms with Crippen molar-refractivity contribution in [3.63, 3.8) is 0 Å². The van der Waals surface area contributed by atoms with Crippen LogP contribution in [0.25, 0.3) is 22.2 Å². The second kappa shape index (κ2) is 13.7.